The third-order valence-electron chi connectivity index (χ3n) is 2.23. The van der Waals surface area contributed by atoms with Gasteiger partial charge >= 0.3 is 0 Å². The maximum atomic E-state index is 5.98. The summed E-state index contributed by atoms with van der Waals surface area (Å²) in [5.41, 5.74) is 0. The molecule has 0 unspecified atom stereocenters. The highest BCUT2D eigenvalue weighted by atomic mass is 35.5. The predicted molar refractivity (Wildman–Crippen MR) is 72.5 cm³/mol. The van der Waals surface area contributed by atoms with E-state index in [4.69, 9.17) is 34.8 Å². The van der Waals surface area contributed by atoms with Gasteiger partial charge in [-0.3, -0.25) is 5.10 Å². The number of pyridine rings is 1. The normalized spacial score (nSPS) is 10.6. The zero-order valence-corrected chi connectivity index (χ0v) is 11.5. The first-order chi connectivity index (χ1) is 8.66. The van der Waals surface area contributed by atoms with Crippen LogP contribution in [-0.2, 0) is 6.42 Å². The summed E-state index contributed by atoms with van der Waals surface area (Å²) in [6, 6.07) is 1.57. The SMILES string of the molecule is Clc1cc(Cl)c(NCCCc2ncn[nH]2)nc1Cl. The lowest BCUT2D eigenvalue weighted by Crippen LogP contribution is -2.06. The number of hydrogen-bond acceptors (Lipinski definition) is 4. The lowest BCUT2D eigenvalue weighted by atomic mass is 10.3. The van der Waals surface area contributed by atoms with Crippen LogP contribution >= 0.6 is 34.8 Å². The quantitative estimate of drug-likeness (QED) is 0.657. The van der Waals surface area contributed by atoms with E-state index in [2.05, 4.69) is 25.5 Å². The molecule has 8 heteroatoms. The predicted octanol–water partition coefficient (Wildman–Crippen LogP) is 3.20. The Kier molecular flexibility index (Phi) is 4.63. The van der Waals surface area contributed by atoms with Gasteiger partial charge in [-0.2, -0.15) is 5.10 Å². The van der Waals surface area contributed by atoms with Crippen LogP contribution in [0.5, 0.6) is 0 Å². The van der Waals surface area contributed by atoms with Crippen LogP contribution in [-0.4, -0.2) is 26.7 Å². The summed E-state index contributed by atoms with van der Waals surface area (Å²) in [5, 5.41) is 10.7. The van der Waals surface area contributed by atoms with Crippen molar-refractivity contribution in [2.75, 3.05) is 11.9 Å². The Labute approximate surface area is 119 Å². The Balaban J connectivity index is 1.85. The van der Waals surface area contributed by atoms with Crippen molar-refractivity contribution >= 4 is 40.6 Å². The van der Waals surface area contributed by atoms with Crippen LogP contribution in [0.1, 0.15) is 12.2 Å². The maximum Gasteiger partial charge on any atom is 0.150 e. The number of anilines is 1. The Bertz CT molecular complexity index is 514. The maximum absolute atomic E-state index is 5.98. The number of aromatic amines is 1. The minimum atomic E-state index is 0.235. The molecule has 0 fully saturated rings. The highest BCUT2D eigenvalue weighted by Gasteiger charge is 2.07. The highest BCUT2D eigenvalue weighted by Crippen LogP contribution is 2.28. The molecule has 0 saturated heterocycles. The average molecular weight is 307 g/mol. The molecule has 2 N–H and O–H groups in total. The number of hydrogen-bond donors (Lipinski definition) is 2. The van der Waals surface area contributed by atoms with Gasteiger partial charge in [0.05, 0.1) is 10.0 Å². The van der Waals surface area contributed by atoms with Gasteiger partial charge in [0.2, 0.25) is 0 Å². The number of H-pyrrole nitrogens is 1. The molecule has 0 aromatic carbocycles. The average Bonchev–Trinajstić information content (AvgIpc) is 2.84. The lowest BCUT2D eigenvalue weighted by molar-refractivity contribution is 0.803. The van der Waals surface area contributed by atoms with Crippen LogP contribution in [0.4, 0.5) is 5.82 Å². The molecule has 5 nitrogen and oxygen atoms in total. The molecule has 2 aromatic heterocycles. The van der Waals surface area contributed by atoms with Gasteiger partial charge in [-0.05, 0) is 12.5 Å². The van der Waals surface area contributed by atoms with Crippen molar-refractivity contribution in [3.8, 4) is 0 Å². The standard InChI is InChI=1S/C10H10Cl3N5/c11-6-4-7(12)10(17-9(6)13)14-3-1-2-8-15-5-16-18-8/h4-5H,1-3H2,(H,14,17)(H,15,16,18). The van der Waals surface area contributed by atoms with Gasteiger partial charge in [0.25, 0.3) is 0 Å². The van der Waals surface area contributed by atoms with Crippen molar-refractivity contribution in [2.24, 2.45) is 0 Å². The van der Waals surface area contributed by atoms with Crippen LogP contribution in [0, 0.1) is 0 Å². The second-order valence-electron chi connectivity index (χ2n) is 3.55. The van der Waals surface area contributed by atoms with E-state index >= 15 is 0 Å². The fourth-order valence-corrected chi connectivity index (χ4v) is 1.95. The molecule has 0 saturated carbocycles. The summed E-state index contributed by atoms with van der Waals surface area (Å²) in [6.07, 6.45) is 3.15. The van der Waals surface area contributed by atoms with Crippen molar-refractivity contribution in [3.63, 3.8) is 0 Å². The molecule has 0 amide bonds. The first kappa shape index (κ1) is 13.4. The first-order valence-electron chi connectivity index (χ1n) is 5.26. The zero-order valence-electron chi connectivity index (χ0n) is 9.25. The smallest absolute Gasteiger partial charge is 0.150 e. The highest BCUT2D eigenvalue weighted by molar-refractivity contribution is 6.42. The molecule has 0 atom stereocenters. The Morgan fingerprint density at radius 1 is 1.22 bits per heavy atom. The fraction of sp³-hybridized carbons (Fsp3) is 0.300. The number of aromatic nitrogens is 4. The summed E-state index contributed by atoms with van der Waals surface area (Å²) >= 11 is 17.6. The number of aryl methyl sites for hydroxylation is 1. The van der Waals surface area contributed by atoms with Crippen molar-refractivity contribution in [2.45, 2.75) is 12.8 Å². The monoisotopic (exact) mass is 305 g/mol. The van der Waals surface area contributed by atoms with Gasteiger partial charge in [0.15, 0.2) is 0 Å². The molecule has 0 bridgehead atoms. The minimum absolute atomic E-state index is 0.235. The number of nitrogens with zero attached hydrogens (tertiary/aromatic N) is 3. The van der Waals surface area contributed by atoms with E-state index in [-0.39, 0.29) is 5.15 Å². The molecule has 2 rings (SSSR count). The van der Waals surface area contributed by atoms with Crippen molar-refractivity contribution < 1.29 is 0 Å². The van der Waals surface area contributed by atoms with Crippen molar-refractivity contribution in [1.82, 2.24) is 20.2 Å². The Hall–Kier alpha value is -1.04. The fourth-order valence-electron chi connectivity index (χ4n) is 1.38. The summed E-state index contributed by atoms with van der Waals surface area (Å²) in [5.74, 6) is 1.38. The topological polar surface area (TPSA) is 66.5 Å². The van der Waals surface area contributed by atoms with Gasteiger partial charge in [0, 0.05) is 13.0 Å². The van der Waals surface area contributed by atoms with Gasteiger partial charge < -0.3 is 5.32 Å². The van der Waals surface area contributed by atoms with E-state index in [0.29, 0.717) is 22.4 Å². The molecule has 0 aliphatic rings. The van der Waals surface area contributed by atoms with E-state index in [9.17, 15) is 0 Å². The van der Waals surface area contributed by atoms with Crippen LogP contribution < -0.4 is 5.32 Å². The van der Waals surface area contributed by atoms with Crippen LogP contribution in [0.25, 0.3) is 0 Å². The molecule has 0 spiro atoms. The number of rotatable bonds is 5. The Morgan fingerprint density at radius 3 is 2.78 bits per heavy atom. The second-order valence-corrected chi connectivity index (χ2v) is 4.73. The van der Waals surface area contributed by atoms with Crippen molar-refractivity contribution in [1.29, 1.82) is 0 Å². The molecular weight excluding hydrogens is 297 g/mol. The summed E-state index contributed by atoms with van der Waals surface area (Å²) < 4.78 is 0. The number of halogens is 3. The number of nitrogens with one attached hydrogen (secondary N) is 2. The van der Waals surface area contributed by atoms with E-state index in [1.54, 1.807) is 6.07 Å². The van der Waals surface area contributed by atoms with Gasteiger partial charge in [-0.1, -0.05) is 34.8 Å². The molecule has 96 valence electrons. The van der Waals surface area contributed by atoms with Gasteiger partial charge in [-0.15, -0.1) is 0 Å². The van der Waals surface area contributed by atoms with E-state index in [1.807, 2.05) is 0 Å². The van der Waals surface area contributed by atoms with E-state index in [1.165, 1.54) is 6.33 Å². The lowest BCUT2D eigenvalue weighted by Gasteiger charge is -2.07. The Morgan fingerprint density at radius 2 is 2.06 bits per heavy atom. The van der Waals surface area contributed by atoms with Crippen LogP contribution in [0.3, 0.4) is 0 Å². The molecule has 0 aliphatic carbocycles. The minimum Gasteiger partial charge on any atom is -0.369 e. The van der Waals surface area contributed by atoms with Gasteiger partial charge in [-0.25, -0.2) is 9.97 Å². The van der Waals surface area contributed by atoms with E-state index < -0.39 is 0 Å². The molecule has 2 heterocycles. The zero-order chi connectivity index (χ0) is 13.0. The molecule has 18 heavy (non-hydrogen) atoms. The van der Waals surface area contributed by atoms with E-state index in [0.717, 1.165) is 18.7 Å². The largest absolute Gasteiger partial charge is 0.369 e. The molecule has 2 aromatic rings. The van der Waals surface area contributed by atoms with Crippen LogP contribution in [0.15, 0.2) is 12.4 Å². The molecule has 0 radical (unpaired) electrons. The third kappa shape index (κ3) is 3.48. The first-order valence-corrected chi connectivity index (χ1v) is 6.40. The third-order valence-corrected chi connectivity index (χ3v) is 3.20. The van der Waals surface area contributed by atoms with Gasteiger partial charge in [0.1, 0.15) is 23.1 Å². The van der Waals surface area contributed by atoms with Crippen LogP contribution in [0.2, 0.25) is 15.2 Å². The summed E-state index contributed by atoms with van der Waals surface area (Å²) in [7, 11) is 0. The molecule has 0 aliphatic heterocycles. The summed E-state index contributed by atoms with van der Waals surface area (Å²) in [6.45, 7) is 0.700. The summed E-state index contributed by atoms with van der Waals surface area (Å²) in [4.78, 5) is 8.09. The van der Waals surface area contributed by atoms with Crippen molar-refractivity contribution in [3.05, 3.63) is 33.4 Å². The molecular formula is C10H10Cl3N5. The second kappa shape index (κ2) is 6.22.